The highest BCUT2D eigenvalue weighted by atomic mass is 32.1. The highest BCUT2D eigenvalue weighted by Crippen LogP contribution is 2.41. The highest BCUT2D eigenvalue weighted by Gasteiger charge is 2.42. The third kappa shape index (κ3) is 3.45. The summed E-state index contributed by atoms with van der Waals surface area (Å²) >= 11 is 1.66. The monoisotopic (exact) mass is 298 g/mol. The second kappa shape index (κ2) is 5.64. The van der Waals surface area contributed by atoms with Gasteiger partial charge in [-0.2, -0.15) is 0 Å². The Bertz CT molecular complexity index is 394. The van der Waals surface area contributed by atoms with Gasteiger partial charge in [0.1, 0.15) is 6.10 Å². The molecule has 1 saturated heterocycles. The van der Waals surface area contributed by atoms with Crippen molar-refractivity contribution in [2.75, 3.05) is 6.54 Å². The lowest BCUT2D eigenvalue weighted by atomic mass is 10.1. The SMILES string of the molecule is CC(C)(C)[Si](C)(C)OC(c1cscn1)[C@@H]1CCCN1. The molecule has 1 aliphatic rings. The van der Waals surface area contributed by atoms with Crippen LogP contribution in [0.15, 0.2) is 10.9 Å². The van der Waals surface area contributed by atoms with E-state index in [1.807, 2.05) is 5.51 Å². The largest absolute Gasteiger partial charge is 0.407 e. The molecule has 1 aromatic heterocycles. The zero-order valence-electron chi connectivity index (χ0n) is 12.7. The van der Waals surface area contributed by atoms with Gasteiger partial charge in [-0.15, -0.1) is 11.3 Å². The molecule has 2 atom stereocenters. The van der Waals surface area contributed by atoms with Crippen molar-refractivity contribution < 1.29 is 4.43 Å². The molecule has 0 radical (unpaired) electrons. The number of nitrogens with zero attached hydrogens (tertiary/aromatic N) is 1. The quantitative estimate of drug-likeness (QED) is 0.854. The van der Waals surface area contributed by atoms with Gasteiger partial charge >= 0.3 is 0 Å². The van der Waals surface area contributed by atoms with E-state index in [9.17, 15) is 0 Å². The molecular weight excluding hydrogens is 272 g/mol. The van der Waals surface area contributed by atoms with E-state index in [0.29, 0.717) is 6.04 Å². The molecule has 0 saturated carbocycles. The average molecular weight is 299 g/mol. The number of hydrogen-bond donors (Lipinski definition) is 1. The van der Waals surface area contributed by atoms with E-state index in [0.717, 1.165) is 12.2 Å². The Hall–Kier alpha value is -0.233. The summed E-state index contributed by atoms with van der Waals surface area (Å²) in [4.78, 5) is 4.50. The number of nitrogens with one attached hydrogen (secondary N) is 1. The molecule has 108 valence electrons. The van der Waals surface area contributed by atoms with Crippen LogP contribution in [0, 0.1) is 0 Å². The van der Waals surface area contributed by atoms with Crippen molar-refractivity contribution in [1.82, 2.24) is 10.3 Å². The van der Waals surface area contributed by atoms with E-state index in [4.69, 9.17) is 4.43 Å². The van der Waals surface area contributed by atoms with Crippen LogP contribution in [0.2, 0.25) is 18.1 Å². The van der Waals surface area contributed by atoms with Crippen LogP contribution in [0.4, 0.5) is 0 Å². The lowest BCUT2D eigenvalue weighted by Crippen LogP contribution is -2.45. The summed E-state index contributed by atoms with van der Waals surface area (Å²) in [5.74, 6) is 0. The number of aromatic nitrogens is 1. The van der Waals surface area contributed by atoms with Gasteiger partial charge in [-0.3, -0.25) is 0 Å². The molecule has 0 amide bonds. The molecule has 5 heteroatoms. The van der Waals surface area contributed by atoms with Crippen molar-refractivity contribution in [3.8, 4) is 0 Å². The Morgan fingerprint density at radius 2 is 2.21 bits per heavy atom. The van der Waals surface area contributed by atoms with Gasteiger partial charge in [-0.1, -0.05) is 20.8 Å². The van der Waals surface area contributed by atoms with Gasteiger partial charge in [0.25, 0.3) is 0 Å². The standard InChI is InChI=1S/C14H26N2OSSi/c1-14(2,3)19(4,5)17-13(11-7-6-8-15-11)12-9-18-10-16-12/h9-11,13,15H,6-8H2,1-5H3/t11-,13?/m0/s1. The molecule has 1 N–H and O–H groups in total. The molecule has 1 aromatic rings. The zero-order valence-corrected chi connectivity index (χ0v) is 14.5. The Morgan fingerprint density at radius 1 is 1.47 bits per heavy atom. The molecule has 0 bridgehead atoms. The third-order valence-electron chi connectivity index (χ3n) is 4.43. The minimum absolute atomic E-state index is 0.120. The van der Waals surface area contributed by atoms with Crippen LogP contribution < -0.4 is 5.32 Å². The molecule has 19 heavy (non-hydrogen) atoms. The molecule has 3 nitrogen and oxygen atoms in total. The Morgan fingerprint density at radius 3 is 2.68 bits per heavy atom. The fourth-order valence-corrected chi connectivity index (χ4v) is 4.03. The van der Waals surface area contributed by atoms with Crippen molar-refractivity contribution in [2.24, 2.45) is 0 Å². The van der Waals surface area contributed by atoms with E-state index < -0.39 is 8.32 Å². The highest BCUT2D eigenvalue weighted by molar-refractivity contribution is 7.07. The van der Waals surface area contributed by atoms with E-state index >= 15 is 0 Å². The Balaban J connectivity index is 2.19. The predicted octanol–water partition coefficient (Wildman–Crippen LogP) is 3.96. The first-order chi connectivity index (χ1) is 8.81. The van der Waals surface area contributed by atoms with E-state index in [1.165, 1.54) is 12.8 Å². The molecule has 0 aromatic carbocycles. The molecule has 1 fully saturated rings. The summed E-state index contributed by atoms with van der Waals surface area (Å²) in [6.45, 7) is 12.6. The summed E-state index contributed by atoms with van der Waals surface area (Å²) < 4.78 is 6.65. The average Bonchev–Trinajstić information content (AvgIpc) is 2.98. The summed E-state index contributed by atoms with van der Waals surface area (Å²) in [6, 6.07) is 0.427. The molecule has 0 aliphatic carbocycles. The van der Waals surface area contributed by atoms with Crippen molar-refractivity contribution in [3.63, 3.8) is 0 Å². The van der Waals surface area contributed by atoms with Gasteiger partial charge in [0.05, 0.1) is 11.2 Å². The fourth-order valence-electron chi connectivity index (χ4n) is 2.18. The normalized spacial score (nSPS) is 22.7. The van der Waals surface area contributed by atoms with Gasteiger partial charge in [0.2, 0.25) is 0 Å². The smallest absolute Gasteiger partial charge is 0.193 e. The lowest BCUT2D eigenvalue weighted by molar-refractivity contribution is 0.141. The van der Waals surface area contributed by atoms with E-state index in [2.05, 4.69) is 49.5 Å². The topological polar surface area (TPSA) is 34.1 Å². The van der Waals surface area contributed by atoms with Gasteiger partial charge < -0.3 is 9.74 Å². The summed E-state index contributed by atoms with van der Waals surface area (Å²) in [6.07, 6.45) is 2.55. The number of rotatable bonds is 4. The molecule has 0 spiro atoms. The Labute approximate surface area is 121 Å². The molecule has 1 unspecified atom stereocenters. The Kier molecular flexibility index (Phi) is 4.50. The molecule has 2 heterocycles. The summed E-state index contributed by atoms with van der Waals surface area (Å²) in [5.41, 5.74) is 3.01. The summed E-state index contributed by atoms with van der Waals surface area (Å²) in [5, 5.41) is 5.95. The minimum atomic E-state index is -1.77. The molecular formula is C14H26N2OSSi. The van der Waals surface area contributed by atoms with Gasteiger partial charge in [0.15, 0.2) is 8.32 Å². The van der Waals surface area contributed by atoms with Crippen LogP contribution in [0.5, 0.6) is 0 Å². The second-order valence-electron chi connectivity index (χ2n) is 6.91. The first-order valence-electron chi connectivity index (χ1n) is 7.10. The lowest BCUT2D eigenvalue weighted by Gasteiger charge is -2.40. The van der Waals surface area contributed by atoms with E-state index in [1.54, 1.807) is 11.3 Å². The fraction of sp³-hybridized carbons (Fsp3) is 0.786. The van der Waals surface area contributed by atoms with Crippen molar-refractivity contribution in [2.45, 2.75) is 63.9 Å². The van der Waals surface area contributed by atoms with Crippen LogP contribution in [0.1, 0.15) is 45.4 Å². The third-order valence-corrected chi connectivity index (χ3v) is 9.49. The zero-order chi connectivity index (χ0) is 14.1. The minimum Gasteiger partial charge on any atom is -0.407 e. The second-order valence-corrected chi connectivity index (χ2v) is 12.4. The van der Waals surface area contributed by atoms with Crippen LogP contribution >= 0.6 is 11.3 Å². The van der Waals surface area contributed by atoms with Crippen LogP contribution in [0.25, 0.3) is 0 Å². The predicted molar refractivity (Wildman–Crippen MR) is 84.2 cm³/mol. The number of thiazole rings is 1. The van der Waals surface area contributed by atoms with Gasteiger partial charge in [0, 0.05) is 11.4 Å². The molecule has 2 rings (SSSR count). The van der Waals surface area contributed by atoms with Crippen LogP contribution in [0.3, 0.4) is 0 Å². The van der Waals surface area contributed by atoms with Crippen LogP contribution in [-0.2, 0) is 4.43 Å². The number of hydrogen-bond acceptors (Lipinski definition) is 4. The van der Waals surface area contributed by atoms with Crippen molar-refractivity contribution in [3.05, 3.63) is 16.6 Å². The van der Waals surface area contributed by atoms with Gasteiger partial charge in [-0.05, 0) is 37.5 Å². The van der Waals surface area contributed by atoms with E-state index in [-0.39, 0.29) is 11.1 Å². The van der Waals surface area contributed by atoms with Crippen molar-refractivity contribution in [1.29, 1.82) is 0 Å². The van der Waals surface area contributed by atoms with Crippen LogP contribution in [-0.4, -0.2) is 25.9 Å². The maximum Gasteiger partial charge on any atom is 0.193 e. The maximum atomic E-state index is 6.65. The first kappa shape index (κ1) is 15.2. The van der Waals surface area contributed by atoms with Crippen molar-refractivity contribution >= 4 is 19.7 Å². The summed E-state index contributed by atoms with van der Waals surface area (Å²) in [7, 11) is -1.77. The maximum absolute atomic E-state index is 6.65. The molecule has 1 aliphatic heterocycles. The first-order valence-corrected chi connectivity index (χ1v) is 11.0. The van der Waals surface area contributed by atoms with Gasteiger partial charge in [-0.25, -0.2) is 4.98 Å².